The van der Waals surface area contributed by atoms with Gasteiger partial charge in [0.2, 0.25) is 0 Å². The van der Waals surface area contributed by atoms with Gasteiger partial charge >= 0.3 is 11.5 Å². The molecule has 2 aromatic rings. The van der Waals surface area contributed by atoms with Crippen LogP contribution >= 0.6 is 11.3 Å². The number of alkyl halides is 3. The zero-order valence-electron chi connectivity index (χ0n) is 10.1. The van der Waals surface area contributed by atoms with Gasteiger partial charge in [-0.25, -0.2) is 4.57 Å². The average Bonchev–Trinajstić information content (AvgIpc) is 2.59. The maximum Gasteiger partial charge on any atom is 0.573 e. The minimum absolute atomic E-state index is 0.234. The number of thiazole rings is 1. The van der Waals surface area contributed by atoms with E-state index in [2.05, 4.69) is 10.1 Å². The number of halogens is 3. The molecule has 0 unspecified atom stereocenters. The zero-order chi connectivity index (χ0) is 14.0. The number of aromatic nitrogens is 1. The highest BCUT2D eigenvalue weighted by Gasteiger charge is 2.31. The van der Waals surface area contributed by atoms with E-state index in [4.69, 9.17) is 5.73 Å². The van der Waals surface area contributed by atoms with E-state index in [1.165, 1.54) is 23.5 Å². The molecular weight excluding hydrogens is 279 g/mol. The molecule has 0 saturated heterocycles. The second-order valence-corrected chi connectivity index (χ2v) is 4.94. The van der Waals surface area contributed by atoms with Crippen molar-refractivity contribution < 1.29 is 22.5 Å². The Hall–Kier alpha value is -1.54. The molecule has 0 aliphatic rings. The van der Waals surface area contributed by atoms with E-state index in [-0.39, 0.29) is 5.75 Å². The Morgan fingerprint density at radius 1 is 1.42 bits per heavy atom. The van der Waals surface area contributed by atoms with Gasteiger partial charge in [-0.05, 0) is 30.5 Å². The number of hydrogen-bond acceptors (Lipinski definition) is 4. The number of benzene rings is 1. The molecule has 3 N–H and O–H groups in total. The fourth-order valence-corrected chi connectivity index (χ4v) is 2.72. The van der Waals surface area contributed by atoms with Gasteiger partial charge in [-0.1, -0.05) is 0 Å². The Morgan fingerprint density at radius 2 is 2.16 bits per heavy atom. The summed E-state index contributed by atoms with van der Waals surface area (Å²) < 4.78 is 42.8. The third-order valence-electron chi connectivity index (χ3n) is 2.52. The van der Waals surface area contributed by atoms with Crippen LogP contribution in [0.1, 0.15) is 0 Å². The van der Waals surface area contributed by atoms with Gasteiger partial charge in [0.25, 0.3) is 0 Å². The van der Waals surface area contributed by atoms with Crippen molar-refractivity contribution in [3.05, 3.63) is 18.2 Å². The molecule has 0 fully saturated rings. The van der Waals surface area contributed by atoms with Gasteiger partial charge in [-0.2, -0.15) is 0 Å². The Kier molecular flexibility index (Phi) is 3.81. The summed E-state index contributed by atoms with van der Waals surface area (Å²) in [7, 11) is 1.82. The van der Waals surface area contributed by atoms with E-state index in [1.54, 1.807) is 6.07 Å². The summed E-state index contributed by atoms with van der Waals surface area (Å²) in [6, 6.07) is 4.22. The van der Waals surface area contributed by atoms with Crippen molar-refractivity contribution in [1.82, 2.24) is 5.32 Å². The van der Waals surface area contributed by atoms with E-state index in [0.717, 1.165) is 12.1 Å². The van der Waals surface area contributed by atoms with Crippen molar-refractivity contribution in [3.8, 4) is 5.75 Å². The monoisotopic (exact) mass is 292 g/mol. The lowest BCUT2D eigenvalue weighted by molar-refractivity contribution is -0.651. The summed E-state index contributed by atoms with van der Waals surface area (Å²) >= 11 is 1.23. The maximum absolute atomic E-state index is 12.1. The number of nitrogens with two attached hydrogens (primary N) is 1. The maximum atomic E-state index is 12.1. The molecule has 1 aromatic heterocycles. The van der Waals surface area contributed by atoms with Gasteiger partial charge in [0.1, 0.15) is 17.8 Å². The lowest BCUT2D eigenvalue weighted by atomic mass is 10.3. The molecule has 0 saturated carbocycles. The van der Waals surface area contributed by atoms with Gasteiger partial charge < -0.3 is 10.1 Å². The van der Waals surface area contributed by atoms with Crippen molar-refractivity contribution in [1.29, 1.82) is 0 Å². The highest BCUT2D eigenvalue weighted by Crippen LogP contribution is 2.29. The fraction of sp³-hybridized carbons (Fsp3) is 0.364. The van der Waals surface area contributed by atoms with Crippen molar-refractivity contribution >= 4 is 26.7 Å². The molecule has 104 valence electrons. The van der Waals surface area contributed by atoms with Crippen LogP contribution in [0.15, 0.2) is 18.2 Å². The molecule has 0 spiro atoms. The van der Waals surface area contributed by atoms with Crippen LogP contribution in [0.5, 0.6) is 5.75 Å². The predicted octanol–water partition coefficient (Wildman–Crippen LogP) is 1.89. The second-order valence-electron chi connectivity index (χ2n) is 3.87. The first-order valence-corrected chi connectivity index (χ1v) is 6.34. The van der Waals surface area contributed by atoms with E-state index >= 15 is 0 Å². The van der Waals surface area contributed by atoms with E-state index in [0.29, 0.717) is 16.4 Å². The molecule has 0 aliphatic heterocycles. The van der Waals surface area contributed by atoms with E-state index in [1.807, 2.05) is 11.6 Å². The molecule has 0 radical (unpaired) electrons. The second kappa shape index (κ2) is 5.22. The molecule has 8 heteroatoms. The van der Waals surface area contributed by atoms with Gasteiger partial charge in [-0.15, -0.1) is 13.2 Å². The van der Waals surface area contributed by atoms with Crippen LogP contribution < -0.4 is 20.4 Å². The minimum atomic E-state index is -4.68. The smallest absolute Gasteiger partial charge is 0.406 e. The largest absolute Gasteiger partial charge is 0.573 e. The molecule has 0 aliphatic carbocycles. The summed E-state index contributed by atoms with van der Waals surface area (Å²) in [4.78, 5) is 0. The van der Waals surface area contributed by atoms with Gasteiger partial charge in [-0.3, -0.25) is 5.73 Å². The van der Waals surface area contributed by atoms with Crippen molar-refractivity contribution in [2.45, 2.75) is 12.9 Å². The SMILES string of the molecule is CNCC[n+]1c(N)sc2cc(OC(F)(F)F)ccc21. The molecule has 4 nitrogen and oxygen atoms in total. The number of nitrogens with zero attached hydrogens (tertiary/aromatic N) is 1. The Balaban J connectivity index is 2.35. The first-order valence-electron chi connectivity index (χ1n) is 5.53. The van der Waals surface area contributed by atoms with Crippen molar-refractivity contribution in [2.24, 2.45) is 0 Å². The van der Waals surface area contributed by atoms with E-state index in [9.17, 15) is 13.2 Å². The molecule has 1 aromatic carbocycles. The summed E-state index contributed by atoms with van der Waals surface area (Å²) in [5, 5.41) is 3.55. The zero-order valence-corrected chi connectivity index (χ0v) is 10.9. The molecule has 0 atom stereocenters. The fourth-order valence-electron chi connectivity index (χ4n) is 1.74. The lowest BCUT2D eigenvalue weighted by Crippen LogP contribution is -2.39. The number of nitrogen functional groups attached to an aromatic ring is 1. The number of ether oxygens (including phenoxy) is 1. The quantitative estimate of drug-likeness (QED) is 0.846. The summed E-state index contributed by atoms with van der Waals surface area (Å²) in [5.74, 6) is -0.234. The van der Waals surface area contributed by atoms with Gasteiger partial charge in [0, 0.05) is 12.6 Å². The number of hydrogen-bond donors (Lipinski definition) is 2. The number of likely N-dealkylation sites (N-methyl/N-ethyl adjacent to an activating group) is 1. The number of rotatable bonds is 4. The predicted molar refractivity (Wildman–Crippen MR) is 67.0 cm³/mol. The molecule has 2 rings (SSSR count). The Morgan fingerprint density at radius 3 is 2.79 bits per heavy atom. The third-order valence-corrected chi connectivity index (χ3v) is 3.50. The van der Waals surface area contributed by atoms with Crippen LogP contribution in [0, 0.1) is 0 Å². The van der Waals surface area contributed by atoms with Crippen LogP contribution in [0.2, 0.25) is 0 Å². The van der Waals surface area contributed by atoms with Crippen LogP contribution in [0.3, 0.4) is 0 Å². The lowest BCUT2D eigenvalue weighted by Gasteiger charge is -2.08. The van der Waals surface area contributed by atoms with Crippen LogP contribution in [-0.2, 0) is 6.54 Å². The van der Waals surface area contributed by atoms with Crippen LogP contribution in [0.4, 0.5) is 18.3 Å². The number of nitrogens with one attached hydrogen (secondary N) is 1. The first-order chi connectivity index (χ1) is 8.90. The summed E-state index contributed by atoms with van der Waals surface area (Å²) in [6.45, 7) is 1.38. The highest BCUT2D eigenvalue weighted by molar-refractivity contribution is 7.21. The molecular formula is C11H13F3N3OS+. The van der Waals surface area contributed by atoms with Crippen LogP contribution in [-0.4, -0.2) is 20.0 Å². The van der Waals surface area contributed by atoms with Crippen molar-refractivity contribution in [3.63, 3.8) is 0 Å². The van der Waals surface area contributed by atoms with Crippen molar-refractivity contribution in [2.75, 3.05) is 19.3 Å². The van der Waals surface area contributed by atoms with E-state index < -0.39 is 6.36 Å². The minimum Gasteiger partial charge on any atom is -0.406 e. The number of anilines is 1. The average molecular weight is 292 g/mol. The first kappa shape index (κ1) is 13.9. The highest BCUT2D eigenvalue weighted by atomic mass is 32.1. The summed E-state index contributed by atoms with van der Waals surface area (Å²) in [6.07, 6.45) is -4.68. The Labute approximate surface area is 111 Å². The Bertz CT molecular complexity index is 582. The topological polar surface area (TPSA) is 51.2 Å². The van der Waals surface area contributed by atoms with Gasteiger partial charge in [0.05, 0.1) is 4.70 Å². The molecule has 19 heavy (non-hydrogen) atoms. The normalized spacial score (nSPS) is 12.0. The van der Waals surface area contributed by atoms with Gasteiger partial charge in [0.15, 0.2) is 0 Å². The third kappa shape index (κ3) is 3.27. The molecule has 0 amide bonds. The standard InChI is InChI=1S/C11H12F3N3OS/c1-16-4-5-17-8-3-2-7(18-11(12,13)14)6-9(8)19-10(17)15/h2-3,6,15-16H,4-5H2,1H3/p+1. The summed E-state index contributed by atoms with van der Waals surface area (Å²) in [5.41, 5.74) is 6.66. The molecule has 1 heterocycles. The van der Waals surface area contributed by atoms with Crippen LogP contribution in [0.25, 0.3) is 10.2 Å². The molecule has 0 bridgehead atoms. The number of fused-ring (bicyclic) bond motifs is 1.